The van der Waals surface area contributed by atoms with Crippen LogP contribution in [0.25, 0.3) is 12.2 Å². The van der Waals surface area contributed by atoms with Crippen molar-refractivity contribution in [3.05, 3.63) is 58.3 Å². The number of hydrogen-bond donors (Lipinski definition) is 1. The van der Waals surface area contributed by atoms with Crippen molar-refractivity contribution in [2.45, 2.75) is 0 Å². The van der Waals surface area contributed by atoms with Crippen LogP contribution < -0.4 is 10.5 Å². The van der Waals surface area contributed by atoms with Crippen molar-refractivity contribution < 1.29 is 4.74 Å². The molecule has 1 heterocycles. The van der Waals surface area contributed by atoms with Crippen LogP contribution >= 0.6 is 15.9 Å². The molecule has 3 nitrogen and oxygen atoms in total. The molecule has 0 unspecified atom stereocenters. The first-order valence-corrected chi connectivity index (χ1v) is 6.79. The summed E-state index contributed by atoms with van der Waals surface area (Å²) >= 11 is 3.47. The van der Waals surface area contributed by atoms with Crippen LogP contribution in [-0.4, -0.2) is 18.1 Å². The number of halogens is 1. The van der Waals surface area contributed by atoms with Crippen molar-refractivity contribution >= 4 is 28.1 Å². The minimum absolute atomic E-state index is 0.504. The summed E-state index contributed by atoms with van der Waals surface area (Å²) in [5.41, 5.74) is 7.57. The Hall–Kier alpha value is -1.65. The predicted molar refractivity (Wildman–Crippen MR) is 81.9 cm³/mol. The van der Waals surface area contributed by atoms with Crippen molar-refractivity contribution in [1.29, 1.82) is 0 Å². The lowest BCUT2D eigenvalue weighted by Crippen LogP contribution is -2.11. The van der Waals surface area contributed by atoms with Gasteiger partial charge in [-0.25, -0.2) is 0 Å². The number of aromatic nitrogens is 1. The summed E-state index contributed by atoms with van der Waals surface area (Å²) < 4.78 is 6.64. The van der Waals surface area contributed by atoms with Crippen molar-refractivity contribution in [3.63, 3.8) is 0 Å². The highest BCUT2D eigenvalue weighted by Crippen LogP contribution is 2.25. The first kappa shape index (κ1) is 13.8. The van der Waals surface area contributed by atoms with Gasteiger partial charge in [-0.1, -0.05) is 28.1 Å². The molecule has 0 saturated heterocycles. The van der Waals surface area contributed by atoms with Gasteiger partial charge in [-0.3, -0.25) is 4.98 Å². The van der Waals surface area contributed by atoms with Crippen LogP contribution in [0.15, 0.2) is 47.2 Å². The second kappa shape index (κ2) is 7.07. The number of nitrogens with zero attached hydrogens (tertiary/aromatic N) is 1. The Morgan fingerprint density at radius 2 is 1.95 bits per heavy atom. The number of benzene rings is 1. The second-order valence-corrected chi connectivity index (χ2v) is 4.85. The van der Waals surface area contributed by atoms with E-state index in [4.69, 9.17) is 10.5 Å². The normalized spacial score (nSPS) is 10.8. The van der Waals surface area contributed by atoms with E-state index in [-0.39, 0.29) is 0 Å². The van der Waals surface area contributed by atoms with Gasteiger partial charge in [-0.05, 0) is 35.9 Å². The fourth-order valence-electron chi connectivity index (χ4n) is 1.61. The summed E-state index contributed by atoms with van der Waals surface area (Å²) in [4.78, 5) is 3.99. The van der Waals surface area contributed by atoms with E-state index in [0.717, 1.165) is 21.3 Å². The minimum Gasteiger partial charge on any atom is -0.492 e. The van der Waals surface area contributed by atoms with Crippen LogP contribution in [0, 0.1) is 0 Å². The maximum Gasteiger partial charge on any atom is 0.126 e. The highest BCUT2D eigenvalue weighted by atomic mass is 79.9. The average molecular weight is 319 g/mol. The van der Waals surface area contributed by atoms with Crippen LogP contribution in [0.3, 0.4) is 0 Å². The van der Waals surface area contributed by atoms with Crippen molar-refractivity contribution in [1.82, 2.24) is 4.98 Å². The minimum atomic E-state index is 0.504. The van der Waals surface area contributed by atoms with Gasteiger partial charge in [0.25, 0.3) is 0 Å². The van der Waals surface area contributed by atoms with Crippen LogP contribution in [-0.2, 0) is 0 Å². The lowest BCUT2D eigenvalue weighted by Gasteiger charge is -2.08. The van der Waals surface area contributed by atoms with E-state index < -0.39 is 0 Å². The zero-order valence-corrected chi connectivity index (χ0v) is 12.0. The monoisotopic (exact) mass is 318 g/mol. The van der Waals surface area contributed by atoms with Gasteiger partial charge in [-0.15, -0.1) is 0 Å². The first-order valence-electron chi connectivity index (χ1n) is 6.00. The fourth-order valence-corrected chi connectivity index (χ4v) is 1.99. The Balaban J connectivity index is 2.22. The van der Waals surface area contributed by atoms with Gasteiger partial charge in [-0.2, -0.15) is 0 Å². The molecule has 0 aliphatic heterocycles. The molecule has 1 aromatic carbocycles. The Bertz CT molecular complexity index is 555. The number of ether oxygens (including phenoxy) is 1. The number of pyridine rings is 1. The number of nitrogens with two attached hydrogens (primary N) is 1. The molecular weight excluding hydrogens is 304 g/mol. The molecular formula is C15H15BrN2O. The molecule has 98 valence electrons. The molecule has 2 rings (SSSR count). The predicted octanol–water partition coefficient (Wildman–Crippen LogP) is 3.35. The summed E-state index contributed by atoms with van der Waals surface area (Å²) in [5, 5.41) is 0. The third-order valence-corrected chi connectivity index (χ3v) is 3.00. The third kappa shape index (κ3) is 4.19. The fraction of sp³-hybridized carbons (Fsp3) is 0.133. The van der Waals surface area contributed by atoms with E-state index >= 15 is 0 Å². The second-order valence-electron chi connectivity index (χ2n) is 3.93. The SMILES string of the molecule is NCCOc1ccc(Br)cc1/C=C/c1ccncc1. The van der Waals surface area contributed by atoms with Crippen LogP contribution in [0.5, 0.6) is 5.75 Å². The molecule has 19 heavy (non-hydrogen) atoms. The van der Waals surface area contributed by atoms with Gasteiger partial charge < -0.3 is 10.5 Å². The van der Waals surface area contributed by atoms with E-state index in [2.05, 4.69) is 20.9 Å². The quantitative estimate of drug-likeness (QED) is 0.919. The molecule has 0 aliphatic rings. The Morgan fingerprint density at radius 1 is 1.16 bits per heavy atom. The van der Waals surface area contributed by atoms with Crippen molar-refractivity contribution in [2.75, 3.05) is 13.2 Å². The maximum atomic E-state index is 5.62. The molecule has 0 spiro atoms. The standard InChI is InChI=1S/C15H15BrN2O/c16-14-3-4-15(19-10-7-17)13(11-14)2-1-12-5-8-18-9-6-12/h1-6,8-9,11H,7,10,17H2/b2-1+. The van der Waals surface area contributed by atoms with Crippen LogP contribution in [0.1, 0.15) is 11.1 Å². The zero-order valence-electron chi connectivity index (χ0n) is 10.4. The third-order valence-electron chi connectivity index (χ3n) is 2.51. The molecule has 0 atom stereocenters. The summed E-state index contributed by atoms with van der Waals surface area (Å²) in [6.45, 7) is 1.02. The van der Waals surface area contributed by atoms with Gasteiger partial charge in [0.2, 0.25) is 0 Å². The smallest absolute Gasteiger partial charge is 0.126 e. The summed E-state index contributed by atoms with van der Waals surface area (Å²) in [6.07, 6.45) is 7.59. The summed E-state index contributed by atoms with van der Waals surface area (Å²) in [6, 6.07) is 9.81. The van der Waals surface area contributed by atoms with E-state index in [0.29, 0.717) is 13.2 Å². The van der Waals surface area contributed by atoms with Gasteiger partial charge in [0.1, 0.15) is 12.4 Å². The number of rotatable bonds is 5. The highest BCUT2D eigenvalue weighted by Gasteiger charge is 2.01. The molecule has 0 fully saturated rings. The van der Waals surface area contributed by atoms with Crippen molar-refractivity contribution in [2.24, 2.45) is 5.73 Å². The van der Waals surface area contributed by atoms with Gasteiger partial charge in [0.05, 0.1) is 0 Å². The molecule has 0 radical (unpaired) electrons. The number of hydrogen-bond acceptors (Lipinski definition) is 3. The van der Waals surface area contributed by atoms with E-state index in [1.165, 1.54) is 0 Å². The highest BCUT2D eigenvalue weighted by molar-refractivity contribution is 9.10. The van der Waals surface area contributed by atoms with E-state index in [1.54, 1.807) is 12.4 Å². The molecule has 1 aromatic heterocycles. The lowest BCUT2D eigenvalue weighted by molar-refractivity contribution is 0.327. The molecule has 0 bridgehead atoms. The van der Waals surface area contributed by atoms with Crippen molar-refractivity contribution in [3.8, 4) is 5.75 Å². The van der Waals surface area contributed by atoms with E-state index in [1.807, 2.05) is 42.5 Å². The molecule has 0 amide bonds. The molecule has 0 aliphatic carbocycles. The van der Waals surface area contributed by atoms with Gasteiger partial charge in [0.15, 0.2) is 0 Å². The Labute approximate surface area is 121 Å². The van der Waals surface area contributed by atoms with E-state index in [9.17, 15) is 0 Å². The Kier molecular flexibility index (Phi) is 5.12. The topological polar surface area (TPSA) is 48.1 Å². The maximum absolute atomic E-state index is 5.62. The van der Waals surface area contributed by atoms with Gasteiger partial charge >= 0.3 is 0 Å². The molecule has 0 saturated carbocycles. The first-order chi connectivity index (χ1) is 9.29. The van der Waals surface area contributed by atoms with Crippen LogP contribution in [0.4, 0.5) is 0 Å². The molecule has 4 heteroatoms. The Morgan fingerprint density at radius 3 is 2.68 bits per heavy atom. The average Bonchev–Trinajstić information content (AvgIpc) is 2.45. The van der Waals surface area contributed by atoms with Crippen LogP contribution in [0.2, 0.25) is 0 Å². The largest absolute Gasteiger partial charge is 0.492 e. The lowest BCUT2D eigenvalue weighted by atomic mass is 10.1. The summed E-state index contributed by atoms with van der Waals surface area (Å²) in [7, 11) is 0. The molecule has 2 aromatic rings. The summed E-state index contributed by atoms with van der Waals surface area (Å²) in [5.74, 6) is 0.832. The zero-order chi connectivity index (χ0) is 13.5. The molecule has 2 N–H and O–H groups in total. The van der Waals surface area contributed by atoms with Gasteiger partial charge in [0, 0.05) is 29.0 Å².